The van der Waals surface area contributed by atoms with E-state index in [-0.39, 0.29) is 23.6 Å². The number of nitrogens with zero attached hydrogens (tertiary/aromatic N) is 7. The molecule has 5 aromatic rings. The van der Waals surface area contributed by atoms with Crippen molar-refractivity contribution in [3.05, 3.63) is 77.0 Å². The Labute approximate surface area is 312 Å². The number of nitrogens with one attached hydrogen (secondary N) is 3. The van der Waals surface area contributed by atoms with Gasteiger partial charge in [0.05, 0.1) is 35.3 Å². The first kappa shape index (κ1) is 36.0. The number of amides is 3. The fourth-order valence-corrected chi connectivity index (χ4v) is 7.22. The first-order chi connectivity index (χ1) is 25.6. The van der Waals surface area contributed by atoms with Gasteiger partial charge < -0.3 is 24.8 Å². The molecule has 1 atom stereocenters. The molecule has 6 heterocycles. The highest BCUT2D eigenvalue weighted by molar-refractivity contribution is 6.32. The molecular formula is C38H43ClN10O4. The maximum Gasteiger partial charge on any atom is 0.253 e. The largest absolute Gasteiger partial charge is 0.453 e. The molecule has 2 aliphatic rings. The van der Waals surface area contributed by atoms with Crippen LogP contribution in [0.2, 0.25) is 5.02 Å². The van der Waals surface area contributed by atoms with Crippen molar-refractivity contribution in [1.29, 1.82) is 0 Å². The van der Waals surface area contributed by atoms with Gasteiger partial charge in [-0.25, -0.2) is 9.97 Å². The summed E-state index contributed by atoms with van der Waals surface area (Å²) in [5.41, 5.74) is 5.19. The SMILES string of the molecule is Cc1nn(C)cc1-c1nc2ncc(Cl)c(Oc3ccc(C(=O)N(C)CCCNCC4CCN(c5cncc([C@@H]6CCC(=O)NC6=O)c5)CC4)cc3)c2[nH]1. The number of aryl methyl sites for hydroxylation is 2. The number of carbonyl (C=O) groups is 3. The summed E-state index contributed by atoms with van der Waals surface area (Å²) in [4.78, 5) is 57.8. The zero-order valence-corrected chi connectivity index (χ0v) is 30.8. The van der Waals surface area contributed by atoms with Crippen LogP contribution >= 0.6 is 11.6 Å². The summed E-state index contributed by atoms with van der Waals surface area (Å²) in [6, 6.07) is 9.06. The minimum absolute atomic E-state index is 0.0607. The number of imide groups is 1. The lowest BCUT2D eigenvalue weighted by atomic mass is 9.91. The molecule has 4 aromatic heterocycles. The van der Waals surface area contributed by atoms with Gasteiger partial charge in [-0.2, -0.15) is 5.10 Å². The van der Waals surface area contributed by atoms with Gasteiger partial charge in [0.25, 0.3) is 5.91 Å². The molecule has 0 radical (unpaired) electrons. The van der Waals surface area contributed by atoms with Crippen LogP contribution in [0.25, 0.3) is 22.6 Å². The third-order valence-corrected chi connectivity index (χ3v) is 10.3. The van der Waals surface area contributed by atoms with Crippen molar-refractivity contribution in [2.45, 2.75) is 44.9 Å². The number of hydrogen-bond acceptors (Lipinski definition) is 10. The molecule has 15 heteroatoms. The van der Waals surface area contributed by atoms with Gasteiger partial charge in [0.15, 0.2) is 11.4 Å². The lowest BCUT2D eigenvalue weighted by Gasteiger charge is -2.34. The fraction of sp³-hybridized carbons (Fsp3) is 0.395. The predicted molar refractivity (Wildman–Crippen MR) is 201 cm³/mol. The second-order valence-corrected chi connectivity index (χ2v) is 14.2. The van der Waals surface area contributed by atoms with Crippen LogP contribution in [0.4, 0.5) is 5.69 Å². The number of ether oxygens (including phenoxy) is 1. The van der Waals surface area contributed by atoms with Gasteiger partial charge in [0.2, 0.25) is 11.8 Å². The Kier molecular flexibility index (Phi) is 10.7. The number of anilines is 1. The van der Waals surface area contributed by atoms with E-state index < -0.39 is 0 Å². The zero-order valence-electron chi connectivity index (χ0n) is 30.1. The highest BCUT2D eigenvalue weighted by Crippen LogP contribution is 2.36. The Morgan fingerprint density at radius 3 is 2.64 bits per heavy atom. The summed E-state index contributed by atoms with van der Waals surface area (Å²) in [5.74, 6) is 1.28. The molecule has 7 rings (SSSR count). The number of rotatable bonds is 12. The molecule has 0 spiro atoms. The third-order valence-electron chi connectivity index (χ3n) is 10.0. The van der Waals surface area contributed by atoms with Crippen LogP contribution in [0, 0.1) is 12.8 Å². The number of fused-ring (bicyclic) bond motifs is 1. The summed E-state index contributed by atoms with van der Waals surface area (Å²) in [5, 5.41) is 10.8. The van der Waals surface area contributed by atoms with E-state index in [9.17, 15) is 14.4 Å². The Morgan fingerprint density at radius 1 is 1.11 bits per heavy atom. The summed E-state index contributed by atoms with van der Waals surface area (Å²) in [6.45, 7) is 6.13. The first-order valence-corrected chi connectivity index (χ1v) is 18.3. The van der Waals surface area contributed by atoms with Crippen LogP contribution in [0.5, 0.6) is 11.5 Å². The van der Waals surface area contributed by atoms with Gasteiger partial charge >= 0.3 is 0 Å². The van der Waals surface area contributed by atoms with Crippen LogP contribution < -0.4 is 20.3 Å². The lowest BCUT2D eigenvalue weighted by Crippen LogP contribution is -2.40. The van der Waals surface area contributed by atoms with Crippen molar-refractivity contribution < 1.29 is 19.1 Å². The average Bonchev–Trinajstić information content (AvgIpc) is 3.74. The van der Waals surface area contributed by atoms with E-state index in [1.165, 1.54) is 6.20 Å². The monoisotopic (exact) mass is 738 g/mol. The van der Waals surface area contributed by atoms with Crippen LogP contribution in [-0.2, 0) is 16.6 Å². The standard InChI is InChI=1S/C38H43ClN10O4/c1-23-30(22-48(3)46-23)35-44-33-34(31(39)21-42-36(33)45-35)53-28-7-5-25(6-8-28)38(52)47(2)14-4-13-40-18-24-11-15-49(16-12-24)27-17-26(19-41-20-27)29-9-10-32(50)43-37(29)51/h5-8,17,19-22,24,29,40H,4,9-16,18H2,1-3H3,(H,42,44,45)(H,43,50,51)/t29-/m0/s1. The van der Waals surface area contributed by atoms with Gasteiger partial charge in [-0.3, -0.25) is 29.4 Å². The normalized spacial score (nSPS) is 16.6. The van der Waals surface area contributed by atoms with E-state index in [1.807, 2.05) is 39.5 Å². The maximum atomic E-state index is 13.2. The van der Waals surface area contributed by atoms with Crippen LogP contribution in [0.15, 0.2) is 55.1 Å². The van der Waals surface area contributed by atoms with E-state index in [0.717, 1.165) is 67.9 Å². The number of benzene rings is 1. The Balaban J connectivity index is 0.844. The van der Waals surface area contributed by atoms with E-state index in [2.05, 4.69) is 40.6 Å². The van der Waals surface area contributed by atoms with Crippen LogP contribution in [-0.4, -0.2) is 92.1 Å². The molecular weight excluding hydrogens is 696 g/mol. The quantitative estimate of drug-likeness (QED) is 0.117. The van der Waals surface area contributed by atoms with Gasteiger partial charge in [-0.1, -0.05) is 11.6 Å². The van der Waals surface area contributed by atoms with Crippen molar-refractivity contribution in [2.75, 3.05) is 44.7 Å². The molecule has 276 valence electrons. The Hall–Kier alpha value is -5.34. The molecule has 2 saturated heterocycles. The number of halogens is 1. The number of pyridine rings is 2. The summed E-state index contributed by atoms with van der Waals surface area (Å²) >= 11 is 6.51. The lowest BCUT2D eigenvalue weighted by molar-refractivity contribution is -0.134. The topological polar surface area (TPSA) is 163 Å². The molecule has 14 nitrogen and oxygen atoms in total. The van der Waals surface area contributed by atoms with Crippen molar-refractivity contribution in [3.63, 3.8) is 0 Å². The minimum atomic E-state index is -0.331. The molecule has 0 bridgehead atoms. The number of piperidine rings is 2. The van der Waals surface area contributed by atoms with E-state index >= 15 is 0 Å². The number of hydrogen-bond donors (Lipinski definition) is 3. The first-order valence-electron chi connectivity index (χ1n) is 18.0. The molecule has 53 heavy (non-hydrogen) atoms. The molecule has 2 fully saturated rings. The highest BCUT2D eigenvalue weighted by Gasteiger charge is 2.29. The van der Waals surface area contributed by atoms with Crippen molar-refractivity contribution in [1.82, 2.24) is 45.2 Å². The number of carbonyl (C=O) groups excluding carboxylic acids is 3. The second kappa shape index (κ2) is 15.7. The molecule has 0 unspecified atom stereocenters. The van der Waals surface area contributed by atoms with E-state index in [1.54, 1.807) is 40.0 Å². The fourth-order valence-electron chi connectivity index (χ4n) is 7.04. The zero-order chi connectivity index (χ0) is 37.1. The van der Waals surface area contributed by atoms with Crippen LogP contribution in [0.3, 0.4) is 0 Å². The second-order valence-electron chi connectivity index (χ2n) is 13.8. The van der Waals surface area contributed by atoms with Gasteiger partial charge in [-0.05, 0) is 87.5 Å². The number of aromatic amines is 1. The Morgan fingerprint density at radius 2 is 1.91 bits per heavy atom. The summed E-state index contributed by atoms with van der Waals surface area (Å²) < 4.78 is 7.91. The third kappa shape index (κ3) is 8.18. The minimum Gasteiger partial charge on any atom is -0.453 e. The van der Waals surface area contributed by atoms with Crippen molar-refractivity contribution >= 4 is 46.2 Å². The molecule has 3 amide bonds. The number of aromatic nitrogens is 6. The molecule has 0 aliphatic carbocycles. The van der Waals surface area contributed by atoms with Gasteiger partial charge in [0, 0.05) is 58.1 Å². The molecule has 1 aromatic carbocycles. The predicted octanol–water partition coefficient (Wildman–Crippen LogP) is 5.00. The van der Waals surface area contributed by atoms with Crippen molar-refractivity contribution in [2.24, 2.45) is 13.0 Å². The van der Waals surface area contributed by atoms with E-state index in [4.69, 9.17) is 16.3 Å². The maximum absolute atomic E-state index is 13.2. The number of H-pyrrole nitrogens is 1. The highest BCUT2D eigenvalue weighted by atomic mass is 35.5. The average molecular weight is 739 g/mol. The van der Waals surface area contributed by atoms with Gasteiger partial charge in [-0.15, -0.1) is 0 Å². The smallest absolute Gasteiger partial charge is 0.253 e. The van der Waals surface area contributed by atoms with Crippen LogP contribution in [0.1, 0.15) is 59.6 Å². The Bertz CT molecular complexity index is 2120. The summed E-state index contributed by atoms with van der Waals surface area (Å²) in [7, 11) is 3.68. The molecule has 2 aliphatic heterocycles. The van der Waals surface area contributed by atoms with E-state index in [0.29, 0.717) is 64.4 Å². The van der Waals surface area contributed by atoms with Gasteiger partial charge in [0.1, 0.15) is 22.1 Å². The number of imidazole rings is 1. The summed E-state index contributed by atoms with van der Waals surface area (Å²) in [6.07, 6.45) is 10.8. The van der Waals surface area contributed by atoms with Crippen molar-refractivity contribution in [3.8, 4) is 22.9 Å². The molecule has 0 saturated carbocycles. The molecule has 3 N–H and O–H groups in total.